The number of hydrogen-bond donors (Lipinski definition) is 1. The van der Waals surface area contributed by atoms with Crippen molar-refractivity contribution in [2.45, 2.75) is 38.5 Å². The number of Topliss-reactive ketones (excluding diaryl/α,β-unsaturated/α-hetero) is 1. The molecule has 0 amide bonds. The van der Waals surface area contributed by atoms with Crippen molar-refractivity contribution in [3.63, 3.8) is 0 Å². The third kappa shape index (κ3) is 4.88. The molecule has 4 rings (SSSR count). The molecule has 1 aliphatic heterocycles. The first-order valence-corrected chi connectivity index (χ1v) is 12.2. The van der Waals surface area contributed by atoms with Gasteiger partial charge >= 0.3 is 5.97 Å². The molecule has 0 bridgehead atoms. The van der Waals surface area contributed by atoms with Crippen LogP contribution in [-0.2, 0) is 14.3 Å². The predicted molar refractivity (Wildman–Crippen MR) is 138 cm³/mol. The lowest BCUT2D eigenvalue weighted by Gasteiger charge is -2.36. The van der Waals surface area contributed by atoms with Gasteiger partial charge in [-0.1, -0.05) is 12.1 Å². The molecule has 0 saturated carbocycles. The topological polar surface area (TPSA) is 92.3 Å². The lowest BCUT2D eigenvalue weighted by atomic mass is 9.71. The van der Waals surface area contributed by atoms with E-state index in [1.807, 2.05) is 50.2 Å². The molecular formula is C29H33NO7. The van der Waals surface area contributed by atoms with Gasteiger partial charge in [-0.2, -0.15) is 0 Å². The highest BCUT2D eigenvalue weighted by atomic mass is 16.5. The molecule has 0 fully saturated rings. The third-order valence-corrected chi connectivity index (χ3v) is 6.93. The Hall–Kier alpha value is -3.94. The van der Waals surface area contributed by atoms with Gasteiger partial charge in [0, 0.05) is 29.3 Å². The van der Waals surface area contributed by atoms with Crippen LogP contribution in [0.5, 0.6) is 23.0 Å². The second-order valence-electron chi connectivity index (χ2n) is 8.97. The van der Waals surface area contributed by atoms with Crippen molar-refractivity contribution >= 4 is 11.8 Å². The standard InChI is InChI=1S/C29H33NO7/c1-7-37-23-11-9-18(15-25(23)35-5)27-26(29(32)36-6)16(2)30-20-12-19(13-21(31)28(20)27)17-8-10-22(33-3)24(14-17)34-4/h8-11,14-15,19,27,30H,7,12-13H2,1-6H3/t19-,27+/m0/s1. The SMILES string of the molecule is CCOc1ccc([C@@H]2C(C(=O)OC)=C(C)NC3=C2C(=O)C[C@@H](c2ccc(OC)c(OC)c2)C3)cc1OC. The zero-order valence-electron chi connectivity index (χ0n) is 22.1. The Morgan fingerprint density at radius 3 is 2.16 bits per heavy atom. The van der Waals surface area contributed by atoms with Gasteiger partial charge in [-0.3, -0.25) is 4.79 Å². The second-order valence-corrected chi connectivity index (χ2v) is 8.97. The van der Waals surface area contributed by atoms with Gasteiger partial charge < -0.3 is 29.0 Å². The fourth-order valence-corrected chi connectivity index (χ4v) is 5.23. The maximum atomic E-state index is 13.8. The first-order chi connectivity index (χ1) is 17.9. The predicted octanol–water partition coefficient (Wildman–Crippen LogP) is 4.65. The summed E-state index contributed by atoms with van der Waals surface area (Å²) in [6, 6.07) is 11.2. The molecule has 0 unspecified atom stereocenters. The van der Waals surface area contributed by atoms with Crippen molar-refractivity contribution in [1.29, 1.82) is 0 Å². The van der Waals surface area contributed by atoms with Crippen LogP contribution in [0.3, 0.4) is 0 Å². The Labute approximate surface area is 217 Å². The minimum Gasteiger partial charge on any atom is -0.493 e. The summed E-state index contributed by atoms with van der Waals surface area (Å²) in [6.07, 6.45) is 0.904. The van der Waals surface area contributed by atoms with Crippen LogP contribution in [0.25, 0.3) is 0 Å². The fourth-order valence-electron chi connectivity index (χ4n) is 5.23. The van der Waals surface area contributed by atoms with E-state index >= 15 is 0 Å². The van der Waals surface area contributed by atoms with Crippen LogP contribution in [0.15, 0.2) is 58.9 Å². The van der Waals surface area contributed by atoms with E-state index in [9.17, 15) is 9.59 Å². The minimum absolute atomic E-state index is 0.0275. The lowest BCUT2D eigenvalue weighted by molar-refractivity contribution is -0.136. The van der Waals surface area contributed by atoms with Crippen molar-refractivity contribution in [2.75, 3.05) is 35.0 Å². The maximum absolute atomic E-state index is 13.8. The molecule has 37 heavy (non-hydrogen) atoms. The quantitative estimate of drug-likeness (QED) is 0.517. The molecule has 1 N–H and O–H groups in total. The van der Waals surface area contributed by atoms with E-state index < -0.39 is 11.9 Å². The Bertz CT molecular complexity index is 1280. The molecule has 1 aliphatic carbocycles. The zero-order valence-corrected chi connectivity index (χ0v) is 22.1. The number of ether oxygens (including phenoxy) is 5. The Balaban J connectivity index is 1.80. The highest BCUT2D eigenvalue weighted by Gasteiger charge is 2.41. The lowest BCUT2D eigenvalue weighted by Crippen LogP contribution is -2.36. The van der Waals surface area contributed by atoms with Gasteiger partial charge in [0.15, 0.2) is 28.8 Å². The highest BCUT2D eigenvalue weighted by molar-refractivity contribution is 6.04. The van der Waals surface area contributed by atoms with Crippen LogP contribution in [0.1, 0.15) is 49.7 Å². The van der Waals surface area contributed by atoms with Crippen molar-refractivity contribution in [3.8, 4) is 23.0 Å². The molecular weight excluding hydrogens is 474 g/mol. The first-order valence-electron chi connectivity index (χ1n) is 12.2. The summed E-state index contributed by atoms with van der Waals surface area (Å²) in [7, 11) is 6.10. The van der Waals surface area contributed by atoms with Crippen LogP contribution in [0, 0.1) is 0 Å². The fraction of sp³-hybridized carbons (Fsp3) is 0.379. The number of carbonyl (C=O) groups is 2. The molecule has 2 atom stereocenters. The molecule has 2 aromatic carbocycles. The number of carbonyl (C=O) groups excluding carboxylic acids is 2. The van der Waals surface area contributed by atoms with Gasteiger partial charge in [-0.25, -0.2) is 4.79 Å². The van der Waals surface area contributed by atoms with Gasteiger partial charge in [0.1, 0.15) is 0 Å². The Morgan fingerprint density at radius 2 is 1.51 bits per heavy atom. The summed E-state index contributed by atoms with van der Waals surface area (Å²) in [5, 5.41) is 3.35. The number of benzene rings is 2. The number of rotatable bonds is 8. The van der Waals surface area contributed by atoms with Crippen molar-refractivity contribution < 1.29 is 33.3 Å². The Morgan fingerprint density at radius 1 is 0.892 bits per heavy atom. The normalized spacial score (nSPS) is 19.1. The number of nitrogens with one attached hydrogen (secondary N) is 1. The molecule has 2 aromatic rings. The van der Waals surface area contributed by atoms with E-state index in [1.165, 1.54) is 7.11 Å². The van der Waals surface area contributed by atoms with Crippen LogP contribution in [-0.4, -0.2) is 46.8 Å². The van der Waals surface area contributed by atoms with Gasteiger partial charge in [-0.05, 0) is 61.6 Å². The Kier molecular flexibility index (Phi) is 7.76. The number of esters is 1. The molecule has 0 radical (unpaired) electrons. The smallest absolute Gasteiger partial charge is 0.336 e. The molecule has 0 spiro atoms. The number of hydrogen-bond acceptors (Lipinski definition) is 8. The minimum atomic E-state index is -0.591. The average molecular weight is 508 g/mol. The third-order valence-electron chi connectivity index (χ3n) is 6.93. The number of methoxy groups -OCH3 is 4. The molecule has 8 heteroatoms. The van der Waals surface area contributed by atoms with Crippen molar-refractivity contribution in [3.05, 3.63) is 70.1 Å². The van der Waals surface area contributed by atoms with E-state index in [0.29, 0.717) is 59.3 Å². The summed E-state index contributed by atoms with van der Waals surface area (Å²) in [5.41, 5.74) is 4.19. The van der Waals surface area contributed by atoms with Crippen LogP contribution in [0.4, 0.5) is 0 Å². The maximum Gasteiger partial charge on any atom is 0.336 e. The largest absolute Gasteiger partial charge is 0.493 e. The monoisotopic (exact) mass is 507 g/mol. The molecule has 1 heterocycles. The second kappa shape index (κ2) is 11.0. The molecule has 196 valence electrons. The summed E-state index contributed by atoms with van der Waals surface area (Å²) in [6.45, 7) is 4.22. The summed E-state index contributed by atoms with van der Waals surface area (Å²) >= 11 is 0. The molecule has 2 aliphatic rings. The van der Waals surface area contributed by atoms with Gasteiger partial charge in [-0.15, -0.1) is 0 Å². The summed E-state index contributed by atoms with van der Waals surface area (Å²) in [5.74, 6) is 1.23. The van der Waals surface area contributed by atoms with Crippen LogP contribution >= 0.6 is 0 Å². The van der Waals surface area contributed by atoms with Gasteiger partial charge in [0.05, 0.1) is 40.6 Å². The zero-order chi connectivity index (χ0) is 26.7. The van der Waals surface area contributed by atoms with Crippen LogP contribution in [0.2, 0.25) is 0 Å². The van der Waals surface area contributed by atoms with Gasteiger partial charge in [0.25, 0.3) is 0 Å². The highest BCUT2D eigenvalue weighted by Crippen LogP contribution is 2.47. The van der Waals surface area contributed by atoms with Crippen LogP contribution < -0.4 is 24.3 Å². The van der Waals surface area contributed by atoms with E-state index in [0.717, 1.165) is 16.8 Å². The summed E-state index contributed by atoms with van der Waals surface area (Å²) < 4.78 is 27.2. The summed E-state index contributed by atoms with van der Waals surface area (Å²) in [4.78, 5) is 26.7. The average Bonchev–Trinajstić information content (AvgIpc) is 2.91. The van der Waals surface area contributed by atoms with Gasteiger partial charge in [0.2, 0.25) is 0 Å². The molecule has 0 aromatic heterocycles. The van der Waals surface area contributed by atoms with Crippen molar-refractivity contribution in [1.82, 2.24) is 5.32 Å². The van der Waals surface area contributed by atoms with E-state index in [1.54, 1.807) is 21.3 Å². The van der Waals surface area contributed by atoms with E-state index in [2.05, 4.69) is 5.32 Å². The van der Waals surface area contributed by atoms with Crippen molar-refractivity contribution in [2.24, 2.45) is 0 Å². The van der Waals surface area contributed by atoms with E-state index in [4.69, 9.17) is 23.7 Å². The first kappa shape index (κ1) is 26.1. The van der Waals surface area contributed by atoms with E-state index in [-0.39, 0.29) is 11.7 Å². The molecule has 0 saturated heterocycles. The number of dihydropyridines is 1. The number of allylic oxidation sites excluding steroid dienone is 3. The number of ketones is 1. The molecule has 8 nitrogen and oxygen atoms in total.